The number of hydrogen-bond acceptors (Lipinski definition) is 4. The van der Waals surface area contributed by atoms with E-state index < -0.39 is 0 Å². The number of carbonyl (C=O) groups excluding carboxylic acids is 3. The van der Waals surface area contributed by atoms with Gasteiger partial charge in [0, 0.05) is 38.1 Å². The highest BCUT2D eigenvalue weighted by atomic mass is 16.2. The zero-order chi connectivity index (χ0) is 19.9. The molecule has 7 heteroatoms. The van der Waals surface area contributed by atoms with Crippen LogP contribution in [0.1, 0.15) is 71.1 Å². The Hall–Kier alpha value is -1.63. The van der Waals surface area contributed by atoms with Crippen LogP contribution in [-0.2, 0) is 9.59 Å². The van der Waals surface area contributed by atoms with Crippen LogP contribution in [0.4, 0.5) is 4.79 Å². The predicted molar refractivity (Wildman–Crippen MR) is 108 cm³/mol. The molecule has 4 amide bonds. The van der Waals surface area contributed by atoms with Gasteiger partial charge in [0.1, 0.15) is 0 Å². The molecule has 0 aromatic rings. The van der Waals surface area contributed by atoms with Crippen LogP contribution in [0.15, 0.2) is 0 Å². The first-order valence-corrected chi connectivity index (χ1v) is 11.2. The van der Waals surface area contributed by atoms with Crippen molar-refractivity contribution in [1.29, 1.82) is 0 Å². The molecule has 2 aliphatic carbocycles. The third-order valence-corrected chi connectivity index (χ3v) is 6.68. The second-order valence-electron chi connectivity index (χ2n) is 8.67. The maximum atomic E-state index is 12.7. The molecule has 0 radical (unpaired) electrons. The SMILES string of the molecule is CC(C(=O)NC(=O)NC1CCCCC1)N1CCN(C(=O)C2CCCCC2)CC1. The Kier molecular flexibility index (Phi) is 7.71. The second kappa shape index (κ2) is 10.2. The van der Waals surface area contributed by atoms with Gasteiger partial charge in [0.2, 0.25) is 11.8 Å². The van der Waals surface area contributed by atoms with Crippen LogP contribution in [0.25, 0.3) is 0 Å². The van der Waals surface area contributed by atoms with Crippen molar-refractivity contribution in [2.24, 2.45) is 5.92 Å². The van der Waals surface area contributed by atoms with Gasteiger partial charge in [-0.3, -0.25) is 19.8 Å². The van der Waals surface area contributed by atoms with E-state index in [-0.39, 0.29) is 29.9 Å². The fourth-order valence-corrected chi connectivity index (χ4v) is 4.79. The first-order valence-electron chi connectivity index (χ1n) is 11.2. The molecule has 3 aliphatic rings. The van der Waals surface area contributed by atoms with Crippen molar-refractivity contribution in [2.45, 2.75) is 83.2 Å². The first kappa shape index (κ1) is 21.1. The van der Waals surface area contributed by atoms with Crippen LogP contribution < -0.4 is 10.6 Å². The summed E-state index contributed by atoms with van der Waals surface area (Å²) in [5.41, 5.74) is 0. The van der Waals surface area contributed by atoms with Crippen LogP contribution in [0, 0.1) is 5.92 Å². The van der Waals surface area contributed by atoms with E-state index in [0.717, 1.165) is 51.4 Å². The van der Waals surface area contributed by atoms with Gasteiger partial charge >= 0.3 is 6.03 Å². The van der Waals surface area contributed by atoms with E-state index in [4.69, 9.17) is 0 Å². The molecular weight excluding hydrogens is 356 g/mol. The Morgan fingerprint density at radius 1 is 0.821 bits per heavy atom. The van der Waals surface area contributed by atoms with Gasteiger partial charge in [0.25, 0.3) is 0 Å². The summed E-state index contributed by atoms with van der Waals surface area (Å²) in [4.78, 5) is 41.3. The van der Waals surface area contributed by atoms with Crippen molar-refractivity contribution in [1.82, 2.24) is 20.4 Å². The van der Waals surface area contributed by atoms with E-state index in [0.29, 0.717) is 32.1 Å². The molecule has 28 heavy (non-hydrogen) atoms. The number of urea groups is 1. The predicted octanol–water partition coefficient (Wildman–Crippen LogP) is 2.26. The summed E-state index contributed by atoms with van der Waals surface area (Å²) >= 11 is 0. The Bertz CT molecular complexity index is 548. The number of nitrogens with zero attached hydrogens (tertiary/aromatic N) is 2. The van der Waals surface area contributed by atoms with Crippen LogP contribution in [0.3, 0.4) is 0 Å². The van der Waals surface area contributed by atoms with Crippen molar-refractivity contribution < 1.29 is 14.4 Å². The normalized spacial score (nSPS) is 23.8. The molecule has 2 saturated carbocycles. The summed E-state index contributed by atoms with van der Waals surface area (Å²) in [6.07, 6.45) is 11.1. The minimum Gasteiger partial charge on any atom is -0.340 e. The topological polar surface area (TPSA) is 81.8 Å². The van der Waals surface area contributed by atoms with E-state index in [2.05, 4.69) is 15.5 Å². The average Bonchev–Trinajstić information content (AvgIpc) is 2.74. The Labute approximate surface area is 168 Å². The molecular formula is C21H36N4O3. The summed E-state index contributed by atoms with van der Waals surface area (Å²) in [5, 5.41) is 5.42. The third kappa shape index (κ3) is 5.69. The highest BCUT2D eigenvalue weighted by Crippen LogP contribution is 2.26. The summed E-state index contributed by atoms with van der Waals surface area (Å²) in [6.45, 7) is 4.53. The number of amides is 4. The average molecular weight is 393 g/mol. The lowest BCUT2D eigenvalue weighted by Gasteiger charge is -2.39. The van der Waals surface area contributed by atoms with Crippen molar-refractivity contribution >= 4 is 17.8 Å². The van der Waals surface area contributed by atoms with Gasteiger partial charge in [-0.05, 0) is 32.6 Å². The molecule has 2 N–H and O–H groups in total. The lowest BCUT2D eigenvalue weighted by Crippen LogP contribution is -2.57. The second-order valence-corrected chi connectivity index (χ2v) is 8.67. The molecule has 1 atom stereocenters. The maximum absolute atomic E-state index is 12.7. The molecule has 0 spiro atoms. The molecule has 0 aromatic heterocycles. The standard InChI is InChI=1S/C21H36N4O3/c1-16(19(26)23-21(28)22-18-10-6-3-7-11-18)24-12-14-25(15-13-24)20(27)17-8-4-2-5-9-17/h16-18H,2-15H2,1H3,(H2,22,23,26,28). The highest BCUT2D eigenvalue weighted by Gasteiger charge is 2.31. The highest BCUT2D eigenvalue weighted by molar-refractivity contribution is 5.96. The smallest absolute Gasteiger partial charge is 0.321 e. The fourth-order valence-electron chi connectivity index (χ4n) is 4.79. The van der Waals surface area contributed by atoms with E-state index in [1.54, 1.807) is 0 Å². The number of piperazine rings is 1. The van der Waals surface area contributed by atoms with Gasteiger partial charge in [0.05, 0.1) is 6.04 Å². The van der Waals surface area contributed by atoms with E-state index >= 15 is 0 Å². The van der Waals surface area contributed by atoms with Crippen LogP contribution in [0.5, 0.6) is 0 Å². The minimum absolute atomic E-state index is 0.186. The first-order chi connectivity index (χ1) is 13.5. The van der Waals surface area contributed by atoms with Gasteiger partial charge in [0.15, 0.2) is 0 Å². The summed E-state index contributed by atoms with van der Waals surface area (Å²) in [7, 11) is 0. The summed E-state index contributed by atoms with van der Waals surface area (Å²) in [6, 6.07) is -0.565. The quantitative estimate of drug-likeness (QED) is 0.769. The molecule has 0 aromatic carbocycles. The van der Waals surface area contributed by atoms with Crippen molar-refractivity contribution in [3.05, 3.63) is 0 Å². The zero-order valence-electron chi connectivity index (χ0n) is 17.3. The molecule has 158 valence electrons. The van der Waals surface area contributed by atoms with Crippen LogP contribution >= 0.6 is 0 Å². The molecule has 1 saturated heterocycles. The lowest BCUT2D eigenvalue weighted by molar-refractivity contribution is -0.139. The molecule has 0 bridgehead atoms. The maximum Gasteiger partial charge on any atom is 0.321 e. The number of hydrogen-bond donors (Lipinski definition) is 2. The van der Waals surface area contributed by atoms with Gasteiger partial charge in [-0.2, -0.15) is 0 Å². The largest absolute Gasteiger partial charge is 0.340 e. The van der Waals surface area contributed by atoms with Crippen molar-refractivity contribution in [3.8, 4) is 0 Å². The zero-order valence-corrected chi connectivity index (χ0v) is 17.3. The van der Waals surface area contributed by atoms with Crippen molar-refractivity contribution in [3.63, 3.8) is 0 Å². The molecule has 3 fully saturated rings. The van der Waals surface area contributed by atoms with Gasteiger partial charge in [-0.25, -0.2) is 4.79 Å². The Morgan fingerprint density at radius 2 is 1.39 bits per heavy atom. The molecule has 1 aliphatic heterocycles. The summed E-state index contributed by atoms with van der Waals surface area (Å²) in [5.74, 6) is 0.230. The monoisotopic (exact) mass is 392 g/mol. The molecule has 7 nitrogen and oxygen atoms in total. The molecule has 1 unspecified atom stereocenters. The van der Waals surface area contributed by atoms with Gasteiger partial charge in [-0.1, -0.05) is 38.5 Å². The number of rotatable bonds is 4. The van der Waals surface area contributed by atoms with Crippen LogP contribution in [-0.4, -0.2) is 65.9 Å². The fraction of sp³-hybridized carbons (Fsp3) is 0.857. The number of nitrogens with one attached hydrogen (secondary N) is 2. The van der Waals surface area contributed by atoms with E-state index in [9.17, 15) is 14.4 Å². The minimum atomic E-state index is -0.380. The van der Waals surface area contributed by atoms with Gasteiger partial charge < -0.3 is 10.2 Å². The van der Waals surface area contributed by atoms with E-state index in [1.165, 1.54) is 12.8 Å². The summed E-state index contributed by atoms with van der Waals surface area (Å²) < 4.78 is 0. The Balaban J connectivity index is 1.39. The number of carbonyl (C=O) groups is 3. The number of imide groups is 1. The van der Waals surface area contributed by atoms with Gasteiger partial charge in [-0.15, -0.1) is 0 Å². The van der Waals surface area contributed by atoms with Crippen LogP contribution in [0.2, 0.25) is 0 Å². The Morgan fingerprint density at radius 3 is 2.00 bits per heavy atom. The third-order valence-electron chi connectivity index (χ3n) is 6.68. The molecule has 1 heterocycles. The lowest BCUT2D eigenvalue weighted by atomic mass is 9.88. The molecule has 3 rings (SSSR count). The van der Waals surface area contributed by atoms with Crippen molar-refractivity contribution in [2.75, 3.05) is 26.2 Å². The van der Waals surface area contributed by atoms with E-state index in [1.807, 2.05) is 11.8 Å².